The molecule has 0 aliphatic rings. The molecule has 0 heterocycles. The van der Waals surface area contributed by atoms with Crippen LogP contribution in [0.3, 0.4) is 0 Å². The fourth-order valence-electron chi connectivity index (χ4n) is 7.92. The maximum absolute atomic E-state index is 11.0. The summed E-state index contributed by atoms with van der Waals surface area (Å²) in [5.74, 6) is -2.32. The van der Waals surface area contributed by atoms with Gasteiger partial charge in [0.1, 0.15) is 12.2 Å². The number of unbranched alkanes of at least 4 members (excludes halogenated alkanes) is 14. The Labute approximate surface area is 434 Å². The van der Waals surface area contributed by atoms with Crippen molar-refractivity contribution in [2.45, 2.75) is 245 Å². The van der Waals surface area contributed by atoms with Gasteiger partial charge in [0.2, 0.25) is 0 Å². The monoisotopic (exact) mass is 1030 g/mol. The van der Waals surface area contributed by atoms with E-state index in [1.165, 1.54) is 90.9 Å². The van der Waals surface area contributed by atoms with Crippen LogP contribution in [0.2, 0.25) is 0 Å². The zero-order valence-electron chi connectivity index (χ0n) is 41.1. The average Bonchev–Trinajstić information content (AvgIpc) is 3.27. The minimum atomic E-state index is -0.983. The molecule has 0 aromatic heterocycles. The van der Waals surface area contributed by atoms with Crippen LogP contribution < -0.4 is 10.2 Å². The van der Waals surface area contributed by atoms with E-state index in [0.717, 1.165) is 88.2 Å². The zero-order valence-corrected chi connectivity index (χ0v) is 45.5. The SMILES string of the molecule is CCC(CCCCCCCCCCC(CCCC(=O)[O-])OCc1ccccc1)OC(C)=O.CCC(CCCCCCCCCCC(CCCC(=O)[O-])OCc1ccccc1)OC(C)=O.[Ba+2]. The number of hydrogen-bond donors (Lipinski definition) is 0. The minimum absolute atomic E-state index is 0. The van der Waals surface area contributed by atoms with Crippen LogP contribution in [0.15, 0.2) is 60.7 Å². The Bertz CT molecular complexity index is 1320. The molecule has 2 aromatic rings. The Balaban J connectivity index is 0.00000124. The van der Waals surface area contributed by atoms with Gasteiger partial charge in [-0.25, -0.2) is 0 Å². The number of ether oxygens (including phenoxy) is 4. The van der Waals surface area contributed by atoms with Crippen LogP contribution in [0.1, 0.15) is 219 Å². The second kappa shape index (κ2) is 44.3. The number of benzene rings is 2. The van der Waals surface area contributed by atoms with Crippen molar-refractivity contribution in [2.75, 3.05) is 0 Å². The fourth-order valence-corrected chi connectivity index (χ4v) is 7.92. The Morgan fingerprint density at radius 3 is 0.938 bits per heavy atom. The minimum Gasteiger partial charge on any atom is -0.550 e. The van der Waals surface area contributed by atoms with Gasteiger partial charge in [-0.1, -0.05) is 164 Å². The van der Waals surface area contributed by atoms with Gasteiger partial charge in [-0.15, -0.1) is 0 Å². The van der Waals surface area contributed by atoms with E-state index in [2.05, 4.69) is 38.1 Å². The van der Waals surface area contributed by atoms with Crippen molar-refractivity contribution in [3.63, 3.8) is 0 Å². The molecule has 2 rings (SSSR count). The van der Waals surface area contributed by atoms with E-state index >= 15 is 0 Å². The number of esters is 2. The van der Waals surface area contributed by atoms with Crippen LogP contribution in [0.25, 0.3) is 0 Å². The quantitative estimate of drug-likeness (QED) is 0.0358. The second-order valence-electron chi connectivity index (χ2n) is 17.5. The molecule has 11 heteroatoms. The second-order valence-corrected chi connectivity index (χ2v) is 17.5. The molecule has 0 saturated heterocycles. The Kier molecular flexibility index (Phi) is 42.8. The summed E-state index contributed by atoms with van der Waals surface area (Å²) in [5.41, 5.74) is 2.30. The summed E-state index contributed by atoms with van der Waals surface area (Å²) in [5, 5.41) is 21.4. The summed E-state index contributed by atoms with van der Waals surface area (Å²) < 4.78 is 22.8. The molecule has 2 aromatic carbocycles. The van der Waals surface area contributed by atoms with Gasteiger partial charge in [0.05, 0.1) is 25.4 Å². The first-order valence-electron chi connectivity index (χ1n) is 25.1. The summed E-state index contributed by atoms with van der Waals surface area (Å²) in [6.07, 6.45) is 28.2. The van der Waals surface area contributed by atoms with Crippen molar-refractivity contribution in [2.24, 2.45) is 0 Å². The van der Waals surface area contributed by atoms with Crippen molar-refractivity contribution in [1.29, 1.82) is 0 Å². The average molecular weight is 1030 g/mol. The Morgan fingerprint density at radius 2 is 0.677 bits per heavy atom. The van der Waals surface area contributed by atoms with E-state index in [9.17, 15) is 29.4 Å². The van der Waals surface area contributed by atoms with E-state index in [1.807, 2.05) is 36.4 Å². The molecule has 0 N–H and O–H groups in total. The van der Waals surface area contributed by atoms with Crippen molar-refractivity contribution in [1.82, 2.24) is 0 Å². The molecule has 4 atom stereocenters. The Hall–Kier alpha value is -2.19. The Morgan fingerprint density at radius 1 is 0.415 bits per heavy atom. The number of carboxylic acid groups (broad SMARTS) is 2. The van der Waals surface area contributed by atoms with Gasteiger partial charge in [-0.3, -0.25) is 9.59 Å². The first-order valence-corrected chi connectivity index (χ1v) is 25.1. The molecule has 0 radical (unpaired) electrons. The smallest absolute Gasteiger partial charge is 0.550 e. The van der Waals surface area contributed by atoms with E-state index in [0.29, 0.717) is 26.1 Å². The topological polar surface area (TPSA) is 151 Å². The molecule has 0 aliphatic heterocycles. The zero-order chi connectivity index (χ0) is 46.9. The molecule has 0 bridgehead atoms. The summed E-state index contributed by atoms with van der Waals surface area (Å²) in [4.78, 5) is 43.5. The molecule has 0 saturated carbocycles. The molecular weight excluding hydrogens is 946 g/mol. The van der Waals surface area contributed by atoms with Crippen LogP contribution in [-0.2, 0) is 51.3 Å². The van der Waals surface area contributed by atoms with Gasteiger partial charge in [-0.05, 0) is 101 Å². The van der Waals surface area contributed by atoms with Crippen molar-refractivity contribution >= 4 is 72.8 Å². The summed E-state index contributed by atoms with van der Waals surface area (Å²) >= 11 is 0. The number of carbonyl (C=O) groups is 4. The third kappa shape index (κ3) is 40.6. The van der Waals surface area contributed by atoms with Crippen LogP contribution in [0, 0.1) is 0 Å². The van der Waals surface area contributed by atoms with E-state index in [-0.39, 0.29) is 98.1 Å². The predicted molar refractivity (Wildman–Crippen MR) is 258 cm³/mol. The number of carbonyl (C=O) groups excluding carboxylic acids is 4. The standard InChI is InChI=1S/2C27H44O5.Ba/c2*1-3-25(32-23(2)28)18-13-8-6-4-5-7-9-14-19-26(20-15-21-27(29)30)31-22-24-16-11-10-12-17-24;/h2*10-12,16-17,25-26H,3-9,13-15,18-22H2,1-2H3,(H,29,30);/q;;+2/p-2. The third-order valence-electron chi connectivity index (χ3n) is 11.7. The molecule has 0 amide bonds. The predicted octanol–water partition coefficient (Wildman–Crippen LogP) is 11.1. The maximum atomic E-state index is 11.0. The molecule has 0 aliphatic carbocycles. The first-order chi connectivity index (χ1) is 31.0. The molecule has 0 fully saturated rings. The number of carboxylic acids is 2. The van der Waals surface area contributed by atoms with Gasteiger partial charge in [0.25, 0.3) is 0 Å². The molecule has 0 spiro atoms. The molecule has 4 unspecified atom stereocenters. The maximum Gasteiger partial charge on any atom is 2.00 e. The van der Waals surface area contributed by atoms with Crippen LogP contribution >= 0.6 is 0 Å². The normalized spacial score (nSPS) is 12.7. The summed E-state index contributed by atoms with van der Waals surface area (Å²) in [6, 6.07) is 20.2. The van der Waals surface area contributed by atoms with Crippen LogP contribution in [0.4, 0.5) is 0 Å². The summed E-state index contributed by atoms with van der Waals surface area (Å²) in [6.45, 7) is 8.24. The number of hydrogen-bond acceptors (Lipinski definition) is 10. The van der Waals surface area contributed by atoms with E-state index in [4.69, 9.17) is 18.9 Å². The van der Waals surface area contributed by atoms with Crippen molar-refractivity contribution in [3.05, 3.63) is 71.8 Å². The van der Waals surface area contributed by atoms with Crippen LogP contribution in [-0.4, -0.2) is 97.2 Å². The van der Waals surface area contributed by atoms with Gasteiger partial charge in [-0.2, -0.15) is 0 Å². The first kappa shape index (κ1) is 62.8. The third-order valence-corrected chi connectivity index (χ3v) is 11.7. The van der Waals surface area contributed by atoms with Crippen molar-refractivity contribution in [3.8, 4) is 0 Å². The number of aliphatic carboxylic acids is 2. The van der Waals surface area contributed by atoms with E-state index < -0.39 is 11.9 Å². The van der Waals surface area contributed by atoms with Gasteiger partial charge in [0, 0.05) is 25.8 Å². The number of rotatable bonds is 40. The van der Waals surface area contributed by atoms with Gasteiger partial charge in [0.15, 0.2) is 0 Å². The molecule has 10 nitrogen and oxygen atoms in total. The largest absolute Gasteiger partial charge is 2.00 e. The van der Waals surface area contributed by atoms with E-state index in [1.54, 1.807) is 0 Å². The van der Waals surface area contributed by atoms with Crippen molar-refractivity contribution < 1.29 is 48.3 Å². The molecular formula is C54H86BaO10. The molecule has 65 heavy (non-hydrogen) atoms. The molecule has 364 valence electrons. The van der Waals surface area contributed by atoms with Gasteiger partial charge < -0.3 is 38.7 Å². The summed E-state index contributed by atoms with van der Waals surface area (Å²) in [7, 11) is 0. The van der Waals surface area contributed by atoms with Gasteiger partial charge >= 0.3 is 60.8 Å². The van der Waals surface area contributed by atoms with Crippen LogP contribution in [0.5, 0.6) is 0 Å². The fraction of sp³-hybridized carbons (Fsp3) is 0.704.